The summed E-state index contributed by atoms with van der Waals surface area (Å²) in [5.41, 5.74) is 7.86. The molecule has 0 saturated heterocycles. The summed E-state index contributed by atoms with van der Waals surface area (Å²) in [6.07, 6.45) is 0. The molecule has 1 heterocycles. The number of nitrogens with one attached hydrogen (secondary N) is 1. The zero-order valence-electron chi connectivity index (χ0n) is 12.0. The smallest absolute Gasteiger partial charge is 0.238 e. The lowest BCUT2D eigenvalue weighted by Gasteiger charge is -2.16. The van der Waals surface area contributed by atoms with Gasteiger partial charge in [0, 0.05) is 4.88 Å². The number of anilines is 2. The number of nitrogens with zero attached hydrogens (tertiary/aromatic N) is 1. The van der Waals surface area contributed by atoms with Gasteiger partial charge in [0.15, 0.2) is 0 Å². The highest BCUT2D eigenvalue weighted by atomic mass is 32.2. The Kier molecular flexibility index (Phi) is 4.22. The Morgan fingerprint density at radius 3 is 2.52 bits per heavy atom. The summed E-state index contributed by atoms with van der Waals surface area (Å²) < 4.78 is 22.8. The van der Waals surface area contributed by atoms with Gasteiger partial charge in [0.1, 0.15) is 0 Å². The van der Waals surface area contributed by atoms with Gasteiger partial charge in [-0.05, 0) is 39.0 Å². The maximum Gasteiger partial charge on any atom is 0.238 e. The predicted octanol–water partition coefficient (Wildman–Crippen LogP) is 2.16. The number of hydrogen-bond donors (Lipinski definition) is 3. The van der Waals surface area contributed by atoms with E-state index in [0.29, 0.717) is 11.4 Å². The molecular weight excluding hydrogens is 308 g/mol. The van der Waals surface area contributed by atoms with E-state index in [1.165, 1.54) is 18.2 Å². The van der Waals surface area contributed by atoms with Crippen molar-refractivity contribution in [2.24, 2.45) is 5.14 Å². The van der Waals surface area contributed by atoms with Crippen LogP contribution in [0.2, 0.25) is 0 Å². The third-order valence-corrected chi connectivity index (χ3v) is 5.22. The molecule has 5 N–H and O–H groups in total. The summed E-state index contributed by atoms with van der Waals surface area (Å²) in [5.74, 6) is 0. The van der Waals surface area contributed by atoms with E-state index in [2.05, 4.69) is 10.3 Å². The van der Waals surface area contributed by atoms with Crippen LogP contribution in [0.4, 0.5) is 11.4 Å². The molecule has 0 aliphatic carbocycles. The van der Waals surface area contributed by atoms with Crippen LogP contribution in [-0.2, 0) is 10.0 Å². The van der Waals surface area contributed by atoms with Gasteiger partial charge in [-0.15, -0.1) is 11.3 Å². The Morgan fingerprint density at radius 1 is 1.33 bits per heavy atom. The number of nitrogen functional groups attached to an aromatic ring is 1. The molecule has 21 heavy (non-hydrogen) atoms. The van der Waals surface area contributed by atoms with Crippen LogP contribution in [0.25, 0.3) is 0 Å². The molecule has 1 unspecified atom stereocenters. The van der Waals surface area contributed by atoms with Crippen LogP contribution >= 0.6 is 11.3 Å². The number of primary sulfonamides is 1. The van der Waals surface area contributed by atoms with Gasteiger partial charge in [0.2, 0.25) is 10.0 Å². The molecule has 0 saturated carbocycles. The van der Waals surface area contributed by atoms with E-state index in [9.17, 15) is 8.42 Å². The zero-order valence-corrected chi connectivity index (χ0v) is 13.7. The topological polar surface area (TPSA) is 111 Å². The number of rotatable bonds is 4. The Hall–Kier alpha value is -1.64. The maximum atomic E-state index is 11.4. The molecule has 1 aromatic carbocycles. The third-order valence-electron chi connectivity index (χ3n) is 3.06. The average molecular weight is 326 g/mol. The van der Waals surface area contributed by atoms with Gasteiger partial charge in [0.05, 0.1) is 33.0 Å². The van der Waals surface area contributed by atoms with Crippen molar-refractivity contribution >= 4 is 32.7 Å². The first-order chi connectivity index (χ1) is 9.68. The molecule has 0 aliphatic heterocycles. The van der Waals surface area contributed by atoms with Gasteiger partial charge in [-0.1, -0.05) is 0 Å². The molecule has 1 aromatic heterocycles. The van der Waals surface area contributed by atoms with Crippen molar-refractivity contribution in [2.75, 3.05) is 11.1 Å². The van der Waals surface area contributed by atoms with Crippen LogP contribution in [0, 0.1) is 13.8 Å². The monoisotopic (exact) mass is 326 g/mol. The third kappa shape index (κ3) is 3.52. The van der Waals surface area contributed by atoms with E-state index in [-0.39, 0.29) is 10.9 Å². The largest absolute Gasteiger partial charge is 0.397 e. The SMILES string of the molecule is Cc1nc(C)c(C(C)Nc2cc(S(N)(=O)=O)ccc2N)s1. The minimum absolute atomic E-state index is 0.0311. The van der Waals surface area contributed by atoms with Crippen molar-refractivity contribution in [3.63, 3.8) is 0 Å². The molecule has 0 fully saturated rings. The van der Waals surface area contributed by atoms with E-state index in [1.54, 1.807) is 11.3 Å². The lowest BCUT2D eigenvalue weighted by molar-refractivity contribution is 0.598. The second-order valence-electron chi connectivity index (χ2n) is 4.84. The van der Waals surface area contributed by atoms with Crippen LogP contribution in [0.1, 0.15) is 28.5 Å². The first kappa shape index (κ1) is 15.7. The fourth-order valence-corrected chi connectivity index (χ4v) is 3.55. The van der Waals surface area contributed by atoms with Crippen molar-refractivity contribution in [3.05, 3.63) is 33.8 Å². The zero-order chi connectivity index (χ0) is 15.8. The first-order valence-corrected chi connectivity index (χ1v) is 8.67. The van der Waals surface area contributed by atoms with Crippen molar-refractivity contribution < 1.29 is 8.42 Å². The number of benzene rings is 1. The van der Waals surface area contributed by atoms with Crippen LogP contribution in [0.5, 0.6) is 0 Å². The number of aryl methyl sites for hydroxylation is 2. The molecule has 0 spiro atoms. The molecule has 0 bridgehead atoms. The van der Waals surface area contributed by atoms with Crippen molar-refractivity contribution in [3.8, 4) is 0 Å². The molecule has 2 aromatic rings. The van der Waals surface area contributed by atoms with Crippen molar-refractivity contribution in [1.29, 1.82) is 0 Å². The highest BCUT2D eigenvalue weighted by Crippen LogP contribution is 2.30. The number of aromatic nitrogens is 1. The summed E-state index contributed by atoms with van der Waals surface area (Å²) >= 11 is 1.60. The minimum Gasteiger partial charge on any atom is -0.397 e. The Balaban J connectivity index is 2.33. The fraction of sp³-hybridized carbons (Fsp3) is 0.308. The Morgan fingerprint density at radius 2 is 2.00 bits per heavy atom. The van der Waals surface area contributed by atoms with Gasteiger partial charge in [-0.25, -0.2) is 18.5 Å². The molecule has 0 aliphatic rings. The molecule has 8 heteroatoms. The Labute approximate surface area is 128 Å². The first-order valence-electron chi connectivity index (χ1n) is 6.31. The average Bonchev–Trinajstić information content (AvgIpc) is 2.70. The highest BCUT2D eigenvalue weighted by Gasteiger charge is 2.16. The molecule has 2 rings (SSSR count). The lowest BCUT2D eigenvalue weighted by Crippen LogP contribution is -2.14. The minimum atomic E-state index is -3.75. The van der Waals surface area contributed by atoms with E-state index >= 15 is 0 Å². The summed E-state index contributed by atoms with van der Waals surface area (Å²) in [4.78, 5) is 5.51. The number of hydrogen-bond acceptors (Lipinski definition) is 6. The summed E-state index contributed by atoms with van der Waals surface area (Å²) in [7, 11) is -3.75. The van der Waals surface area contributed by atoms with Crippen LogP contribution < -0.4 is 16.2 Å². The number of nitrogens with two attached hydrogens (primary N) is 2. The predicted molar refractivity (Wildman–Crippen MR) is 85.9 cm³/mol. The molecule has 0 radical (unpaired) electrons. The molecule has 114 valence electrons. The molecule has 1 atom stereocenters. The maximum absolute atomic E-state index is 11.4. The van der Waals surface area contributed by atoms with Gasteiger partial charge in [-0.3, -0.25) is 0 Å². The standard InChI is InChI=1S/C13H18N4O2S2/c1-7-13(20-9(3)16-7)8(2)17-12-6-10(21(15,18)19)4-5-11(12)14/h4-6,8,17H,14H2,1-3H3,(H2,15,18,19). The molecule has 0 amide bonds. The number of sulfonamides is 1. The summed E-state index contributed by atoms with van der Waals surface area (Å²) in [5, 5.41) is 9.35. The number of thiazole rings is 1. The highest BCUT2D eigenvalue weighted by molar-refractivity contribution is 7.89. The molecular formula is C13H18N4O2S2. The second-order valence-corrected chi connectivity index (χ2v) is 7.64. The van der Waals surface area contributed by atoms with E-state index in [1.807, 2.05) is 20.8 Å². The van der Waals surface area contributed by atoms with Crippen molar-refractivity contribution in [1.82, 2.24) is 4.98 Å². The quantitative estimate of drug-likeness (QED) is 0.746. The van der Waals surface area contributed by atoms with Gasteiger partial charge in [0.25, 0.3) is 0 Å². The van der Waals surface area contributed by atoms with Crippen molar-refractivity contribution in [2.45, 2.75) is 31.7 Å². The van der Waals surface area contributed by atoms with Gasteiger partial charge < -0.3 is 11.1 Å². The summed E-state index contributed by atoms with van der Waals surface area (Å²) in [6.45, 7) is 5.87. The lowest BCUT2D eigenvalue weighted by atomic mass is 10.2. The van der Waals surface area contributed by atoms with Crippen LogP contribution in [0.3, 0.4) is 0 Å². The van der Waals surface area contributed by atoms with Crippen LogP contribution in [-0.4, -0.2) is 13.4 Å². The van der Waals surface area contributed by atoms with E-state index in [0.717, 1.165) is 15.6 Å². The molecule has 6 nitrogen and oxygen atoms in total. The Bertz CT molecular complexity index is 768. The fourth-order valence-electron chi connectivity index (χ4n) is 2.08. The van der Waals surface area contributed by atoms with E-state index in [4.69, 9.17) is 10.9 Å². The van der Waals surface area contributed by atoms with E-state index < -0.39 is 10.0 Å². The second kappa shape index (κ2) is 5.63. The normalized spacial score (nSPS) is 13.1. The van der Waals surface area contributed by atoms with Gasteiger partial charge in [-0.2, -0.15) is 0 Å². The van der Waals surface area contributed by atoms with Crippen LogP contribution in [0.15, 0.2) is 23.1 Å². The van der Waals surface area contributed by atoms with Gasteiger partial charge >= 0.3 is 0 Å². The summed E-state index contributed by atoms with van der Waals surface area (Å²) in [6, 6.07) is 4.33.